The van der Waals surface area contributed by atoms with Crippen molar-refractivity contribution < 1.29 is 9.53 Å². The van der Waals surface area contributed by atoms with Crippen LogP contribution < -0.4 is 10.1 Å². The smallest absolute Gasteiger partial charge is 0.257 e. The molecule has 0 fully saturated rings. The van der Waals surface area contributed by atoms with Crippen molar-refractivity contribution in [3.63, 3.8) is 0 Å². The number of nitrogens with zero attached hydrogens (tertiary/aromatic N) is 3. The van der Waals surface area contributed by atoms with Gasteiger partial charge < -0.3 is 10.1 Å². The van der Waals surface area contributed by atoms with Crippen LogP contribution in [0.25, 0.3) is 5.65 Å². The summed E-state index contributed by atoms with van der Waals surface area (Å²) >= 11 is 6.00. The molecule has 3 aromatic rings. The third-order valence-electron chi connectivity index (χ3n) is 3.83. The highest BCUT2D eigenvalue weighted by Crippen LogP contribution is 2.26. The van der Waals surface area contributed by atoms with Crippen LogP contribution in [0.3, 0.4) is 0 Å². The van der Waals surface area contributed by atoms with E-state index in [2.05, 4.69) is 15.5 Å². The quantitative estimate of drug-likeness (QED) is 0.735. The normalized spacial score (nSPS) is 10.8. The van der Waals surface area contributed by atoms with Crippen LogP contribution in [-0.2, 0) is 11.2 Å². The van der Waals surface area contributed by atoms with Crippen LogP contribution in [-0.4, -0.2) is 33.7 Å². The molecule has 1 N–H and O–H groups in total. The lowest BCUT2D eigenvalue weighted by atomic mass is 10.1. The number of fused-ring (bicyclic) bond motifs is 1. The van der Waals surface area contributed by atoms with Crippen LogP contribution in [0.15, 0.2) is 36.5 Å². The molecule has 0 radical (unpaired) electrons. The van der Waals surface area contributed by atoms with E-state index in [1.165, 1.54) is 0 Å². The predicted octanol–water partition coefficient (Wildman–Crippen LogP) is 2.74. The van der Waals surface area contributed by atoms with Gasteiger partial charge in [-0.05, 0) is 49.2 Å². The Bertz CT molecular complexity index is 884. The number of hydrogen-bond donors (Lipinski definition) is 1. The fraction of sp³-hybridized carbons (Fsp3) is 0.278. The number of nitrogens with one attached hydrogen (secondary N) is 1. The number of aryl methyl sites for hydroxylation is 2. The van der Waals surface area contributed by atoms with E-state index >= 15 is 0 Å². The number of amides is 1. The van der Waals surface area contributed by atoms with Gasteiger partial charge in [0.05, 0.1) is 0 Å². The summed E-state index contributed by atoms with van der Waals surface area (Å²) in [4.78, 5) is 12.0. The maximum Gasteiger partial charge on any atom is 0.257 e. The second-order valence-corrected chi connectivity index (χ2v) is 6.24. The fourth-order valence-corrected chi connectivity index (χ4v) is 3.02. The average Bonchev–Trinajstić information content (AvgIpc) is 2.97. The van der Waals surface area contributed by atoms with E-state index in [0.717, 1.165) is 22.6 Å². The first-order valence-corrected chi connectivity index (χ1v) is 8.37. The van der Waals surface area contributed by atoms with Crippen molar-refractivity contribution in [3.05, 3.63) is 58.5 Å². The third-order valence-corrected chi connectivity index (χ3v) is 4.05. The topological polar surface area (TPSA) is 68.5 Å². The number of carbonyl (C=O) groups is 1. The molecule has 0 spiro atoms. The summed E-state index contributed by atoms with van der Waals surface area (Å²) in [6, 6.07) is 9.35. The number of carbonyl (C=O) groups excluding carboxylic acids is 1. The van der Waals surface area contributed by atoms with Gasteiger partial charge in [-0.2, -0.15) is 0 Å². The highest BCUT2D eigenvalue weighted by atomic mass is 35.5. The lowest BCUT2D eigenvalue weighted by molar-refractivity contribution is -0.123. The maximum atomic E-state index is 12.0. The molecule has 0 saturated carbocycles. The van der Waals surface area contributed by atoms with E-state index in [1.54, 1.807) is 0 Å². The Morgan fingerprint density at radius 3 is 2.76 bits per heavy atom. The number of ether oxygens (including phenoxy) is 1. The highest BCUT2D eigenvalue weighted by molar-refractivity contribution is 6.30. The van der Waals surface area contributed by atoms with Crippen molar-refractivity contribution in [2.24, 2.45) is 0 Å². The van der Waals surface area contributed by atoms with Crippen molar-refractivity contribution in [2.75, 3.05) is 13.2 Å². The van der Waals surface area contributed by atoms with E-state index < -0.39 is 0 Å². The van der Waals surface area contributed by atoms with Gasteiger partial charge in [0.15, 0.2) is 12.3 Å². The van der Waals surface area contributed by atoms with E-state index in [0.29, 0.717) is 23.7 Å². The molecule has 0 atom stereocenters. The molecule has 0 saturated heterocycles. The summed E-state index contributed by atoms with van der Waals surface area (Å²) < 4.78 is 7.54. The third kappa shape index (κ3) is 4.09. The van der Waals surface area contributed by atoms with Crippen LogP contribution >= 0.6 is 11.6 Å². The fourth-order valence-electron chi connectivity index (χ4n) is 2.69. The minimum Gasteiger partial charge on any atom is -0.483 e. The second-order valence-electron chi connectivity index (χ2n) is 5.80. The first kappa shape index (κ1) is 17.2. The van der Waals surface area contributed by atoms with Gasteiger partial charge in [0, 0.05) is 24.2 Å². The molecule has 2 aromatic heterocycles. The van der Waals surface area contributed by atoms with Gasteiger partial charge >= 0.3 is 0 Å². The highest BCUT2D eigenvalue weighted by Gasteiger charge is 2.09. The molecule has 2 heterocycles. The number of hydrogen-bond acceptors (Lipinski definition) is 4. The Labute approximate surface area is 150 Å². The van der Waals surface area contributed by atoms with Crippen LogP contribution in [0.1, 0.15) is 17.0 Å². The van der Waals surface area contributed by atoms with Crippen molar-refractivity contribution in [1.29, 1.82) is 0 Å². The molecule has 130 valence electrons. The summed E-state index contributed by atoms with van der Waals surface area (Å²) in [6.45, 7) is 4.24. The molecule has 25 heavy (non-hydrogen) atoms. The lowest BCUT2D eigenvalue weighted by Gasteiger charge is -2.12. The van der Waals surface area contributed by atoms with Crippen molar-refractivity contribution in [1.82, 2.24) is 19.9 Å². The van der Waals surface area contributed by atoms with Gasteiger partial charge in [-0.1, -0.05) is 17.7 Å². The largest absolute Gasteiger partial charge is 0.483 e. The Morgan fingerprint density at radius 1 is 1.24 bits per heavy atom. The average molecular weight is 359 g/mol. The summed E-state index contributed by atoms with van der Waals surface area (Å²) in [6.07, 6.45) is 2.50. The number of rotatable bonds is 6. The molecule has 0 aliphatic rings. The van der Waals surface area contributed by atoms with Gasteiger partial charge in [-0.15, -0.1) is 10.2 Å². The zero-order valence-corrected chi connectivity index (χ0v) is 14.9. The van der Waals surface area contributed by atoms with Crippen LogP contribution in [0.4, 0.5) is 0 Å². The molecule has 1 aromatic carbocycles. The molecule has 7 heteroatoms. The number of halogens is 1. The van der Waals surface area contributed by atoms with Crippen LogP contribution in [0.2, 0.25) is 5.02 Å². The summed E-state index contributed by atoms with van der Waals surface area (Å²) in [5.74, 6) is 1.33. The van der Waals surface area contributed by atoms with Gasteiger partial charge in [0.2, 0.25) is 0 Å². The Hall–Kier alpha value is -2.60. The molecule has 0 aliphatic carbocycles. The second kappa shape index (κ2) is 7.53. The van der Waals surface area contributed by atoms with E-state index in [9.17, 15) is 4.79 Å². The zero-order valence-electron chi connectivity index (χ0n) is 14.1. The molecular formula is C18H19ClN4O2. The van der Waals surface area contributed by atoms with E-state index in [4.69, 9.17) is 16.3 Å². The number of pyridine rings is 1. The summed E-state index contributed by atoms with van der Waals surface area (Å²) in [5.41, 5.74) is 2.61. The minimum absolute atomic E-state index is 0.0378. The monoisotopic (exact) mass is 358 g/mol. The lowest BCUT2D eigenvalue weighted by Crippen LogP contribution is -2.31. The SMILES string of the molecule is Cc1cc(Cl)cc(C)c1OCC(=O)NCCc1nnc2ccccn12. The summed E-state index contributed by atoms with van der Waals surface area (Å²) in [7, 11) is 0. The number of aromatic nitrogens is 3. The molecular weight excluding hydrogens is 340 g/mol. The Kier molecular flexibility index (Phi) is 5.19. The predicted molar refractivity (Wildman–Crippen MR) is 96.1 cm³/mol. The van der Waals surface area contributed by atoms with Gasteiger partial charge in [-0.25, -0.2) is 0 Å². The van der Waals surface area contributed by atoms with Gasteiger partial charge in [-0.3, -0.25) is 9.20 Å². The van der Waals surface area contributed by atoms with Crippen molar-refractivity contribution >= 4 is 23.2 Å². The Balaban J connectivity index is 1.50. The molecule has 0 bridgehead atoms. The first-order chi connectivity index (χ1) is 12.0. The van der Waals surface area contributed by atoms with Crippen molar-refractivity contribution in [3.8, 4) is 5.75 Å². The number of benzene rings is 1. The molecule has 1 amide bonds. The van der Waals surface area contributed by atoms with Gasteiger partial charge in [0.25, 0.3) is 5.91 Å². The first-order valence-electron chi connectivity index (χ1n) is 7.99. The maximum absolute atomic E-state index is 12.0. The minimum atomic E-state index is -0.178. The van der Waals surface area contributed by atoms with Crippen LogP contribution in [0.5, 0.6) is 5.75 Å². The van der Waals surface area contributed by atoms with Crippen LogP contribution in [0, 0.1) is 13.8 Å². The standard InChI is InChI=1S/C18H19ClN4O2/c1-12-9-14(19)10-13(2)18(12)25-11-17(24)20-7-6-16-22-21-15-5-3-4-8-23(15)16/h3-5,8-10H,6-7,11H2,1-2H3,(H,20,24). The van der Waals surface area contributed by atoms with E-state index in [-0.39, 0.29) is 12.5 Å². The van der Waals surface area contributed by atoms with Gasteiger partial charge in [0.1, 0.15) is 11.6 Å². The molecule has 6 nitrogen and oxygen atoms in total. The Morgan fingerprint density at radius 2 is 2.00 bits per heavy atom. The molecule has 0 unspecified atom stereocenters. The molecule has 0 aliphatic heterocycles. The summed E-state index contributed by atoms with van der Waals surface area (Å²) in [5, 5.41) is 11.7. The van der Waals surface area contributed by atoms with Crippen molar-refractivity contribution in [2.45, 2.75) is 20.3 Å². The van der Waals surface area contributed by atoms with E-state index in [1.807, 2.05) is 54.8 Å². The molecule has 3 rings (SSSR count). The zero-order chi connectivity index (χ0) is 17.8.